The Labute approximate surface area is 58.8 Å². The molecule has 1 saturated heterocycles. The Morgan fingerprint density at radius 2 is 2.22 bits per heavy atom. The summed E-state index contributed by atoms with van der Waals surface area (Å²) in [6, 6.07) is 0. The molecule has 0 aromatic heterocycles. The third-order valence-electron chi connectivity index (χ3n) is 2.54. The zero-order valence-corrected chi connectivity index (χ0v) is 6.72. The third-order valence-corrected chi connectivity index (χ3v) is 2.54. The predicted octanol–water partition coefficient (Wildman–Crippen LogP) is 0.380. The van der Waals surface area contributed by atoms with E-state index in [1.807, 2.05) is 0 Å². The van der Waals surface area contributed by atoms with E-state index in [0.717, 1.165) is 11.7 Å². The molecule has 9 heavy (non-hydrogen) atoms. The van der Waals surface area contributed by atoms with Crippen LogP contribution in [0.25, 0.3) is 0 Å². The molecule has 2 unspecified atom stereocenters. The van der Waals surface area contributed by atoms with Crippen LogP contribution in [0.4, 0.5) is 0 Å². The van der Waals surface area contributed by atoms with Crippen LogP contribution in [-0.4, -0.2) is 32.9 Å². The van der Waals surface area contributed by atoms with E-state index < -0.39 is 0 Å². The van der Waals surface area contributed by atoms with Crippen molar-refractivity contribution >= 4 is 7.85 Å². The van der Waals surface area contributed by atoms with E-state index in [1.165, 1.54) is 19.5 Å². The maximum atomic E-state index is 2.42. The molecule has 52 valence electrons. The van der Waals surface area contributed by atoms with Gasteiger partial charge in [0.1, 0.15) is 7.85 Å². The average Bonchev–Trinajstić information content (AvgIpc) is 1.80. The first-order valence-corrected chi connectivity index (χ1v) is 3.88. The van der Waals surface area contributed by atoms with Crippen LogP contribution in [0.3, 0.4) is 0 Å². The van der Waals surface area contributed by atoms with E-state index in [0.29, 0.717) is 0 Å². The standard InChI is InChI=1S/C7H16BN/c1-6-5-9(2)4-3-7(6)8/h6-7H,3-5,8H2,1-2H3. The minimum atomic E-state index is 0.906. The highest BCUT2D eigenvalue weighted by atomic mass is 15.1. The van der Waals surface area contributed by atoms with Gasteiger partial charge in [0.15, 0.2) is 0 Å². The number of hydrogen-bond acceptors (Lipinski definition) is 1. The van der Waals surface area contributed by atoms with Crippen molar-refractivity contribution in [1.29, 1.82) is 0 Å². The number of hydrogen-bond donors (Lipinski definition) is 0. The van der Waals surface area contributed by atoms with E-state index in [1.54, 1.807) is 0 Å². The van der Waals surface area contributed by atoms with Crippen molar-refractivity contribution < 1.29 is 0 Å². The third kappa shape index (κ3) is 1.72. The Kier molecular flexibility index (Phi) is 2.17. The van der Waals surface area contributed by atoms with Crippen LogP contribution < -0.4 is 0 Å². The number of nitrogens with zero attached hydrogens (tertiary/aromatic N) is 1. The fourth-order valence-electron chi connectivity index (χ4n) is 1.47. The summed E-state index contributed by atoms with van der Waals surface area (Å²) in [7, 11) is 4.57. The second kappa shape index (κ2) is 2.74. The highest BCUT2D eigenvalue weighted by Crippen LogP contribution is 2.23. The minimum absolute atomic E-state index is 0.906. The lowest BCUT2D eigenvalue weighted by Gasteiger charge is -2.32. The van der Waals surface area contributed by atoms with Gasteiger partial charge in [0.2, 0.25) is 0 Å². The van der Waals surface area contributed by atoms with Gasteiger partial charge < -0.3 is 4.90 Å². The Bertz CT molecular complexity index is 94.9. The lowest BCUT2D eigenvalue weighted by molar-refractivity contribution is 0.222. The first-order chi connectivity index (χ1) is 4.20. The van der Waals surface area contributed by atoms with E-state index in [2.05, 4.69) is 26.7 Å². The number of likely N-dealkylation sites (tertiary alicyclic amines) is 1. The molecule has 2 atom stereocenters. The highest BCUT2D eigenvalue weighted by Gasteiger charge is 2.19. The maximum Gasteiger partial charge on any atom is 0.105 e. The summed E-state index contributed by atoms with van der Waals surface area (Å²) in [5.41, 5.74) is 0. The zero-order chi connectivity index (χ0) is 6.85. The Hall–Kier alpha value is 0.0249. The summed E-state index contributed by atoms with van der Waals surface area (Å²) < 4.78 is 0. The zero-order valence-electron chi connectivity index (χ0n) is 6.72. The van der Waals surface area contributed by atoms with Gasteiger partial charge in [-0.15, -0.1) is 0 Å². The van der Waals surface area contributed by atoms with Gasteiger partial charge in [-0.1, -0.05) is 12.7 Å². The van der Waals surface area contributed by atoms with Gasteiger partial charge in [0.05, 0.1) is 0 Å². The van der Waals surface area contributed by atoms with Crippen LogP contribution in [0.2, 0.25) is 5.82 Å². The van der Waals surface area contributed by atoms with Crippen molar-refractivity contribution in [2.45, 2.75) is 19.2 Å². The lowest BCUT2D eigenvalue weighted by Crippen LogP contribution is -2.34. The Morgan fingerprint density at radius 3 is 2.67 bits per heavy atom. The summed E-state index contributed by atoms with van der Waals surface area (Å²) in [6.45, 7) is 4.94. The average molecular weight is 125 g/mol. The summed E-state index contributed by atoms with van der Waals surface area (Å²) in [5.74, 6) is 1.85. The molecule has 1 aliphatic rings. The molecular weight excluding hydrogens is 109 g/mol. The van der Waals surface area contributed by atoms with E-state index in [9.17, 15) is 0 Å². The topological polar surface area (TPSA) is 3.24 Å². The van der Waals surface area contributed by atoms with E-state index >= 15 is 0 Å². The quantitative estimate of drug-likeness (QED) is 0.423. The molecule has 1 aliphatic heterocycles. The molecule has 0 aromatic rings. The summed E-state index contributed by atoms with van der Waals surface area (Å²) in [5, 5.41) is 0. The summed E-state index contributed by atoms with van der Waals surface area (Å²) in [4.78, 5) is 2.42. The second-order valence-corrected chi connectivity index (χ2v) is 3.51. The highest BCUT2D eigenvalue weighted by molar-refractivity contribution is 6.11. The van der Waals surface area contributed by atoms with E-state index in [4.69, 9.17) is 0 Å². The largest absolute Gasteiger partial charge is 0.306 e. The molecule has 0 spiro atoms. The molecule has 1 fully saturated rings. The molecule has 0 radical (unpaired) electrons. The van der Waals surface area contributed by atoms with Crippen molar-refractivity contribution in [2.75, 3.05) is 20.1 Å². The molecule has 2 heteroatoms. The molecule has 1 heterocycles. The van der Waals surface area contributed by atoms with Crippen LogP contribution >= 0.6 is 0 Å². The normalized spacial score (nSPS) is 38.9. The molecule has 0 aromatic carbocycles. The fraction of sp³-hybridized carbons (Fsp3) is 1.00. The SMILES string of the molecule is BC1CCN(C)CC1C. The van der Waals surface area contributed by atoms with Gasteiger partial charge in [0, 0.05) is 0 Å². The van der Waals surface area contributed by atoms with Gasteiger partial charge in [-0.2, -0.15) is 0 Å². The Morgan fingerprint density at radius 1 is 1.56 bits per heavy atom. The fourth-order valence-corrected chi connectivity index (χ4v) is 1.47. The van der Waals surface area contributed by atoms with Crippen LogP contribution in [0.1, 0.15) is 13.3 Å². The van der Waals surface area contributed by atoms with Crippen molar-refractivity contribution in [3.05, 3.63) is 0 Å². The Balaban J connectivity index is 2.35. The van der Waals surface area contributed by atoms with Crippen LogP contribution in [-0.2, 0) is 0 Å². The first-order valence-electron chi connectivity index (χ1n) is 3.88. The van der Waals surface area contributed by atoms with Gasteiger partial charge >= 0.3 is 0 Å². The summed E-state index contributed by atoms with van der Waals surface area (Å²) in [6.07, 6.45) is 1.39. The summed E-state index contributed by atoms with van der Waals surface area (Å²) >= 11 is 0. The van der Waals surface area contributed by atoms with Gasteiger partial charge in [-0.25, -0.2) is 0 Å². The van der Waals surface area contributed by atoms with Gasteiger partial charge in [-0.3, -0.25) is 0 Å². The van der Waals surface area contributed by atoms with Gasteiger partial charge in [0.25, 0.3) is 0 Å². The van der Waals surface area contributed by atoms with Crippen LogP contribution in [0.15, 0.2) is 0 Å². The molecule has 0 N–H and O–H groups in total. The smallest absolute Gasteiger partial charge is 0.105 e. The molecular formula is C7H16BN. The van der Waals surface area contributed by atoms with Gasteiger partial charge in [-0.05, 0) is 32.5 Å². The molecule has 0 bridgehead atoms. The molecule has 1 rings (SSSR count). The minimum Gasteiger partial charge on any atom is -0.306 e. The lowest BCUT2D eigenvalue weighted by atomic mass is 9.73. The molecule has 0 saturated carbocycles. The number of piperidine rings is 1. The molecule has 0 aliphatic carbocycles. The molecule has 1 nitrogen and oxygen atoms in total. The van der Waals surface area contributed by atoms with Crippen LogP contribution in [0.5, 0.6) is 0 Å². The second-order valence-electron chi connectivity index (χ2n) is 3.51. The van der Waals surface area contributed by atoms with Crippen molar-refractivity contribution in [3.63, 3.8) is 0 Å². The van der Waals surface area contributed by atoms with Crippen molar-refractivity contribution in [2.24, 2.45) is 5.92 Å². The first kappa shape index (κ1) is 7.14. The number of rotatable bonds is 0. The van der Waals surface area contributed by atoms with E-state index in [-0.39, 0.29) is 0 Å². The maximum absolute atomic E-state index is 2.42. The molecule has 0 amide bonds. The van der Waals surface area contributed by atoms with Crippen LogP contribution in [0, 0.1) is 5.92 Å². The predicted molar refractivity (Wildman–Crippen MR) is 43.6 cm³/mol. The van der Waals surface area contributed by atoms with Crippen molar-refractivity contribution in [1.82, 2.24) is 4.90 Å². The van der Waals surface area contributed by atoms with Crippen molar-refractivity contribution in [3.8, 4) is 0 Å². The monoisotopic (exact) mass is 125 g/mol.